The highest BCUT2D eigenvalue weighted by atomic mass is 16.5. The lowest BCUT2D eigenvalue weighted by molar-refractivity contribution is -0.135. The van der Waals surface area contributed by atoms with Gasteiger partial charge in [-0.2, -0.15) is 0 Å². The largest absolute Gasteiger partial charge is 0.420 e. The smallest absolute Gasteiger partial charge is 0.408 e. The summed E-state index contributed by atoms with van der Waals surface area (Å²) in [6, 6.07) is 5.56. The van der Waals surface area contributed by atoms with Crippen molar-refractivity contribution in [3.63, 3.8) is 0 Å². The second-order valence-corrected chi connectivity index (χ2v) is 7.15. The highest BCUT2D eigenvalue weighted by molar-refractivity contribution is 5.80. The van der Waals surface area contributed by atoms with Crippen LogP contribution in [0.2, 0.25) is 0 Å². The van der Waals surface area contributed by atoms with E-state index in [0.717, 1.165) is 51.1 Å². The van der Waals surface area contributed by atoms with E-state index in [9.17, 15) is 9.59 Å². The molecule has 2 aromatic rings. The molecule has 3 heterocycles. The number of carbonyl (C=O) groups is 1. The van der Waals surface area contributed by atoms with Crippen LogP contribution >= 0.6 is 0 Å². The van der Waals surface area contributed by atoms with Crippen molar-refractivity contribution in [2.45, 2.75) is 32.7 Å². The van der Waals surface area contributed by atoms with Crippen molar-refractivity contribution >= 4 is 17.0 Å². The predicted molar refractivity (Wildman–Crippen MR) is 88.9 cm³/mol. The number of carbonyl (C=O) groups excluding carboxylic acids is 1. The van der Waals surface area contributed by atoms with Crippen LogP contribution in [0.1, 0.15) is 24.8 Å². The number of likely N-dealkylation sites (tertiary alicyclic amines) is 1. The lowest BCUT2D eigenvalue weighted by Gasteiger charge is -2.39. The molecule has 2 fully saturated rings. The van der Waals surface area contributed by atoms with Crippen molar-refractivity contribution in [2.75, 3.05) is 26.3 Å². The summed E-state index contributed by atoms with van der Waals surface area (Å²) >= 11 is 0. The number of rotatable bonds is 2. The number of ether oxygens (including phenoxy) is 1. The van der Waals surface area contributed by atoms with E-state index in [4.69, 9.17) is 9.15 Å². The van der Waals surface area contributed by atoms with Crippen LogP contribution in [0.25, 0.3) is 11.1 Å². The predicted octanol–water partition coefficient (Wildman–Crippen LogP) is 1.93. The minimum Gasteiger partial charge on any atom is -0.408 e. The van der Waals surface area contributed by atoms with Gasteiger partial charge >= 0.3 is 5.76 Å². The number of amides is 1. The Balaban J connectivity index is 1.57. The summed E-state index contributed by atoms with van der Waals surface area (Å²) in [5.74, 6) is -0.493. The van der Waals surface area contributed by atoms with Gasteiger partial charge in [-0.25, -0.2) is 4.79 Å². The first-order valence-electron chi connectivity index (χ1n) is 8.52. The van der Waals surface area contributed by atoms with Gasteiger partial charge in [-0.3, -0.25) is 9.36 Å². The molecule has 0 saturated carbocycles. The lowest BCUT2D eigenvalue weighted by Crippen LogP contribution is -2.47. The topological polar surface area (TPSA) is 64.7 Å². The zero-order valence-corrected chi connectivity index (χ0v) is 13.9. The number of nitrogens with zero attached hydrogens (tertiary/aromatic N) is 2. The molecule has 1 spiro atoms. The number of fused-ring (bicyclic) bond motifs is 1. The van der Waals surface area contributed by atoms with Crippen LogP contribution in [0.4, 0.5) is 0 Å². The van der Waals surface area contributed by atoms with E-state index in [1.54, 1.807) is 6.07 Å². The molecule has 6 heteroatoms. The summed E-state index contributed by atoms with van der Waals surface area (Å²) in [5.41, 5.74) is 2.36. The van der Waals surface area contributed by atoms with Gasteiger partial charge in [-0.1, -0.05) is 6.07 Å². The zero-order chi connectivity index (χ0) is 16.7. The molecule has 1 amide bonds. The maximum atomic E-state index is 12.8. The van der Waals surface area contributed by atoms with Crippen LogP contribution in [0.3, 0.4) is 0 Å². The average Bonchev–Trinajstić information content (AvgIpc) is 3.13. The molecule has 0 aliphatic carbocycles. The average molecular weight is 330 g/mol. The van der Waals surface area contributed by atoms with Gasteiger partial charge < -0.3 is 14.1 Å². The van der Waals surface area contributed by atoms with Crippen LogP contribution in [0.15, 0.2) is 27.4 Å². The molecule has 0 N–H and O–H groups in total. The Morgan fingerprint density at radius 3 is 3.00 bits per heavy atom. The molecule has 0 unspecified atom stereocenters. The van der Waals surface area contributed by atoms with Gasteiger partial charge in [-0.15, -0.1) is 0 Å². The Labute approximate surface area is 140 Å². The number of oxazole rings is 1. The van der Waals surface area contributed by atoms with Crippen LogP contribution in [0, 0.1) is 12.3 Å². The minimum absolute atomic E-state index is 0.0210. The van der Waals surface area contributed by atoms with E-state index in [-0.39, 0.29) is 17.9 Å². The summed E-state index contributed by atoms with van der Waals surface area (Å²) in [6.45, 7) is 5.00. The van der Waals surface area contributed by atoms with Crippen molar-refractivity contribution in [1.82, 2.24) is 9.47 Å². The van der Waals surface area contributed by atoms with Crippen molar-refractivity contribution in [3.8, 4) is 0 Å². The maximum Gasteiger partial charge on any atom is 0.420 e. The van der Waals surface area contributed by atoms with Gasteiger partial charge in [-0.05, 0) is 43.9 Å². The molecule has 2 aliphatic heterocycles. The van der Waals surface area contributed by atoms with Gasteiger partial charge in [0, 0.05) is 25.1 Å². The van der Waals surface area contributed by atoms with E-state index in [1.807, 2.05) is 24.0 Å². The summed E-state index contributed by atoms with van der Waals surface area (Å²) in [4.78, 5) is 26.8. The van der Waals surface area contributed by atoms with Crippen molar-refractivity contribution in [1.29, 1.82) is 0 Å². The monoisotopic (exact) mass is 330 g/mol. The van der Waals surface area contributed by atoms with Crippen LogP contribution in [-0.4, -0.2) is 41.7 Å². The summed E-state index contributed by atoms with van der Waals surface area (Å²) in [7, 11) is 0. The highest BCUT2D eigenvalue weighted by Crippen LogP contribution is 2.37. The van der Waals surface area contributed by atoms with E-state index in [0.29, 0.717) is 11.1 Å². The Kier molecular flexibility index (Phi) is 3.72. The molecule has 1 aromatic heterocycles. The molecule has 4 rings (SSSR count). The third kappa shape index (κ3) is 2.65. The Morgan fingerprint density at radius 1 is 1.33 bits per heavy atom. The molecule has 6 nitrogen and oxygen atoms in total. The maximum absolute atomic E-state index is 12.8. The number of aromatic nitrogens is 1. The van der Waals surface area contributed by atoms with E-state index < -0.39 is 5.76 Å². The SMILES string of the molecule is Cc1ccc2oc(=O)n(CC(=O)N3CCC[C@@]4(CCOC4)C3)c2c1. The van der Waals surface area contributed by atoms with Crippen molar-refractivity contribution < 1.29 is 13.9 Å². The molecule has 1 atom stereocenters. The Bertz CT molecular complexity index is 829. The first-order chi connectivity index (χ1) is 11.6. The van der Waals surface area contributed by atoms with Crippen molar-refractivity contribution in [2.24, 2.45) is 5.41 Å². The molecule has 0 bridgehead atoms. The number of hydrogen-bond donors (Lipinski definition) is 0. The van der Waals surface area contributed by atoms with E-state index in [1.165, 1.54) is 4.57 Å². The summed E-state index contributed by atoms with van der Waals surface area (Å²) in [5, 5.41) is 0. The fourth-order valence-corrected chi connectivity index (χ4v) is 3.95. The third-order valence-corrected chi connectivity index (χ3v) is 5.32. The molecule has 1 aromatic carbocycles. The van der Waals surface area contributed by atoms with Crippen molar-refractivity contribution in [3.05, 3.63) is 34.3 Å². The van der Waals surface area contributed by atoms with E-state index >= 15 is 0 Å². The zero-order valence-electron chi connectivity index (χ0n) is 13.9. The molecule has 128 valence electrons. The second kappa shape index (κ2) is 5.77. The number of benzene rings is 1. The Hall–Kier alpha value is -2.08. The minimum atomic E-state index is -0.472. The first kappa shape index (κ1) is 15.4. The van der Waals surface area contributed by atoms with Gasteiger partial charge in [0.15, 0.2) is 5.58 Å². The molecular weight excluding hydrogens is 308 g/mol. The Morgan fingerprint density at radius 2 is 2.21 bits per heavy atom. The second-order valence-electron chi connectivity index (χ2n) is 7.15. The van der Waals surface area contributed by atoms with Gasteiger partial charge in [0.1, 0.15) is 6.54 Å². The molecule has 2 saturated heterocycles. The summed E-state index contributed by atoms with van der Waals surface area (Å²) < 4.78 is 12.2. The van der Waals surface area contributed by atoms with Gasteiger partial charge in [0.25, 0.3) is 0 Å². The quantitative estimate of drug-likeness (QED) is 0.844. The fourth-order valence-electron chi connectivity index (χ4n) is 3.95. The number of hydrogen-bond acceptors (Lipinski definition) is 4. The fraction of sp³-hybridized carbons (Fsp3) is 0.556. The van der Waals surface area contributed by atoms with Gasteiger partial charge in [0.05, 0.1) is 12.1 Å². The standard InChI is InChI=1S/C18H22N2O4/c1-13-3-4-15-14(9-13)20(17(22)24-15)10-16(21)19-7-2-5-18(11-19)6-8-23-12-18/h3-4,9H,2,5-8,10-12H2,1H3/t18-/m1/s1. The molecule has 2 aliphatic rings. The molecule has 0 radical (unpaired) electrons. The summed E-state index contributed by atoms with van der Waals surface area (Å²) in [6.07, 6.45) is 3.13. The van der Waals surface area contributed by atoms with Gasteiger partial charge in [0.2, 0.25) is 5.91 Å². The highest BCUT2D eigenvalue weighted by Gasteiger charge is 2.40. The molecule has 24 heavy (non-hydrogen) atoms. The van der Waals surface area contributed by atoms with E-state index in [2.05, 4.69) is 0 Å². The van der Waals surface area contributed by atoms with Crippen LogP contribution < -0.4 is 5.76 Å². The van der Waals surface area contributed by atoms with Crippen LogP contribution in [-0.2, 0) is 16.1 Å². The normalized spacial score (nSPS) is 24.1. The number of aryl methyl sites for hydroxylation is 1. The third-order valence-electron chi connectivity index (χ3n) is 5.32. The lowest BCUT2D eigenvalue weighted by atomic mass is 9.79. The molecular formula is C18H22N2O4. The van der Waals surface area contributed by atoms with Crippen LogP contribution in [0.5, 0.6) is 0 Å². The number of piperidine rings is 1. The first-order valence-corrected chi connectivity index (χ1v) is 8.52.